The molecule has 0 aliphatic heterocycles. The van der Waals surface area contributed by atoms with Crippen LogP contribution in [0.3, 0.4) is 0 Å². The van der Waals surface area contributed by atoms with E-state index in [0.717, 1.165) is 12.1 Å². The third-order valence-electron chi connectivity index (χ3n) is 3.04. The normalized spacial score (nSPS) is 9.80. The molecule has 1 aromatic rings. The fourth-order valence-corrected chi connectivity index (χ4v) is 1.80. The number of unbranched alkanes of at least 4 members (excludes halogenated alkanes) is 2. The lowest BCUT2D eigenvalue weighted by Crippen LogP contribution is -2.25. The van der Waals surface area contributed by atoms with Crippen molar-refractivity contribution in [2.24, 2.45) is 0 Å². The van der Waals surface area contributed by atoms with Gasteiger partial charge in [-0.2, -0.15) is 5.26 Å². The summed E-state index contributed by atoms with van der Waals surface area (Å²) in [6.07, 6.45) is 2.57. The predicted molar refractivity (Wildman–Crippen MR) is 75.3 cm³/mol. The number of hydrogen-bond donors (Lipinski definition) is 1. The summed E-state index contributed by atoms with van der Waals surface area (Å²) < 4.78 is 0. The summed E-state index contributed by atoms with van der Waals surface area (Å²) in [6.45, 7) is 0. The molecule has 106 valence electrons. The first-order chi connectivity index (χ1) is 9.54. The molecule has 0 atom stereocenters. The fourth-order valence-electron chi connectivity index (χ4n) is 1.80. The van der Waals surface area contributed by atoms with Gasteiger partial charge in [0.1, 0.15) is 0 Å². The number of carbonyl (C=O) groups excluding carboxylic acids is 1. The Morgan fingerprint density at radius 3 is 2.30 bits per heavy atom. The van der Waals surface area contributed by atoms with Crippen molar-refractivity contribution in [3.63, 3.8) is 0 Å². The van der Waals surface area contributed by atoms with Gasteiger partial charge in [0.25, 0.3) is 0 Å². The highest BCUT2D eigenvalue weighted by molar-refractivity contribution is 5.92. The molecule has 5 nitrogen and oxygen atoms in total. The van der Waals surface area contributed by atoms with E-state index in [-0.39, 0.29) is 12.3 Å². The van der Waals surface area contributed by atoms with Crippen molar-refractivity contribution in [3.8, 4) is 6.07 Å². The highest BCUT2D eigenvalue weighted by atomic mass is 16.4. The minimum Gasteiger partial charge on any atom is -0.481 e. The number of aliphatic carboxylic acids is 1. The Labute approximate surface area is 118 Å². The van der Waals surface area contributed by atoms with Gasteiger partial charge in [0, 0.05) is 25.6 Å². The molecule has 0 saturated heterocycles. The molecule has 1 rings (SSSR count). The van der Waals surface area contributed by atoms with Crippen LogP contribution in [0.25, 0.3) is 0 Å². The number of rotatable bonds is 7. The van der Waals surface area contributed by atoms with Crippen molar-refractivity contribution in [1.29, 1.82) is 5.26 Å². The number of hydrogen-bond acceptors (Lipinski definition) is 3. The van der Waals surface area contributed by atoms with E-state index in [1.807, 2.05) is 6.07 Å². The Balaban J connectivity index is 2.38. The van der Waals surface area contributed by atoms with E-state index >= 15 is 0 Å². The van der Waals surface area contributed by atoms with E-state index in [1.54, 1.807) is 36.2 Å². The van der Waals surface area contributed by atoms with Gasteiger partial charge in [0.2, 0.25) is 5.91 Å². The van der Waals surface area contributed by atoms with Crippen LogP contribution in [0.1, 0.15) is 37.7 Å². The number of nitrogens with zero attached hydrogens (tertiary/aromatic N) is 2. The molecule has 0 spiro atoms. The third kappa shape index (κ3) is 5.11. The van der Waals surface area contributed by atoms with E-state index in [4.69, 9.17) is 10.4 Å². The van der Waals surface area contributed by atoms with Crippen molar-refractivity contribution in [2.45, 2.75) is 32.1 Å². The number of carboxylic acid groups (broad SMARTS) is 1. The lowest BCUT2D eigenvalue weighted by atomic mass is 10.1. The highest BCUT2D eigenvalue weighted by Crippen LogP contribution is 2.15. The maximum absolute atomic E-state index is 11.9. The summed E-state index contributed by atoms with van der Waals surface area (Å²) in [5.41, 5.74) is 1.31. The van der Waals surface area contributed by atoms with Crippen LogP contribution in [-0.2, 0) is 9.59 Å². The van der Waals surface area contributed by atoms with Gasteiger partial charge in [0.05, 0.1) is 11.6 Å². The van der Waals surface area contributed by atoms with E-state index < -0.39 is 5.97 Å². The van der Waals surface area contributed by atoms with Crippen LogP contribution in [0.5, 0.6) is 0 Å². The van der Waals surface area contributed by atoms with Crippen molar-refractivity contribution >= 4 is 17.6 Å². The number of benzene rings is 1. The highest BCUT2D eigenvalue weighted by Gasteiger charge is 2.10. The first-order valence-electron chi connectivity index (χ1n) is 6.53. The lowest BCUT2D eigenvalue weighted by molar-refractivity contribution is -0.137. The summed E-state index contributed by atoms with van der Waals surface area (Å²) in [5, 5.41) is 17.2. The zero-order valence-corrected chi connectivity index (χ0v) is 11.5. The fraction of sp³-hybridized carbons (Fsp3) is 0.400. The molecule has 0 heterocycles. The number of amides is 1. The molecule has 0 aromatic heterocycles. The molecule has 0 aliphatic carbocycles. The first-order valence-corrected chi connectivity index (χ1v) is 6.53. The minimum atomic E-state index is -0.800. The summed E-state index contributed by atoms with van der Waals surface area (Å²) >= 11 is 0. The molecule has 1 N–H and O–H groups in total. The predicted octanol–water partition coefficient (Wildman–Crippen LogP) is 2.56. The summed E-state index contributed by atoms with van der Waals surface area (Å²) in [4.78, 5) is 23.8. The summed E-state index contributed by atoms with van der Waals surface area (Å²) in [5.74, 6) is -0.809. The van der Waals surface area contributed by atoms with Gasteiger partial charge < -0.3 is 10.0 Å². The van der Waals surface area contributed by atoms with Crippen molar-refractivity contribution < 1.29 is 14.7 Å². The maximum atomic E-state index is 11.9. The topological polar surface area (TPSA) is 81.4 Å². The average Bonchev–Trinajstić information content (AvgIpc) is 2.45. The van der Waals surface area contributed by atoms with Gasteiger partial charge in [-0.15, -0.1) is 0 Å². The number of nitriles is 1. The van der Waals surface area contributed by atoms with Gasteiger partial charge >= 0.3 is 5.97 Å². The van der Waals surface area contributed by atoms with Crippen LogP contribution in [0.2, 0.25) is 0 Å². The Morgan fingerprint density at radius 1 is 1.15 bits per heavy atom. The van der Waals surface area contributed by atoms with Gasteiger partial charge in [0.15, 0.2) is 0 Å². The second kappa shape index (κ2) is 7.95. The van der Waals surface area contributed by atoms with Crippen molar-refractivity contribution in [2.75, 3.05) is 11.9 Å². The smallest absolute Gasteiger partial charge is 0.303 e. The molecule has 0 bridgehead atoms. The summed E-state index contributed by atoms with van der Waals surface area (Å²) in [7, 11) is 1.70. The average molecular weight is 274 g/mol. The molecule has 1 aromatic carbocycles. The van der Waals surface area contributed by atoms with Crippen molar-refractivity contribution in [3.05, 3.63) is 29.8 Å². The third-order valence-corrected chi connectivity index (χ3v) is 3.04. The van der Waals surface area contributed by atoms with Gasteiger partial charge in [-0.05, 0) is 37.1 Å². The minimum absolute atomic E-state index is 0.00923. The van der Waals surface area contributed by atoms with Gasteiger partial charge in [-0.1, -0.05) is 6.42 Å². The maximum Gasteiger partial charge on any atom is 0.303 e. The van der Waals surface area contributed by atoms with E-state index in [9.17, 15) is 9.59 Å². The van der Waals surface area contributed by atoms with E-state index in [1.165, 1.54) is 0 Å². The van der Waals surface area contributed by atoms with Crippen LogP contribution in [0, 0.1) is 11.3 Å². The Hall–Kier alpha value is -2.35. The molecule has 0 fully saturated rings. The molecular formula is C15H18N2O3. The van der Waals surface area contributed by atoms with Crippen LogP contribution < -0.4 is 4.90 Å². The van der Waals surface area contributed by atoms with E-state index in [2.05, 4.69) is 0 Å². The Morgan fingerprint density at radius 2 is 1.75 bits per heavy atom. The molecule has 5 heteroatoms. The van der Waals surface area contributed by atoms with Crippen LogP contribution in [0.4, 0.5) is 5.69 Å². The monoisotopic (exact) mass is 274 g/mol. The Kier molecular flexibility index (Phi) is 6.24. The molecule has 0 aliphatic rings. The van der Waals surface area contributed by atoms with Crippen molar-refractivity contribution in [1.82, 2.24) is 0 Å². The Bertz CT molecular complexity index is 503. The molecule has 0 saturated carbocycles. The number of anilines is 1. The van der Waals surface area contributed by atoms with Crippen LogP contribution in [-0.4, -0.2) is 24.0 Å². The first kappa shape index (κ1) is 15.7. The second-order valence-electron chi connectivity index (χ2n) is 4.57. The standard InChI is InChI=1S/C15H18N2O3/c1-17(13-9-7-12(11-16)8-10-13)14(18)5-3-2-4-6-15(19)20/h7-10H,2-6H2,1H3,(H,19,20). The zero-order valence-electron chi connectivity index (χ0n) is 11.5. The zero-order chi connectivity index (χ0) is 15.0. The number of carboxylic acids is 1. The van der Waals surface area contributed by atoms with Gasteiger partial charge in [-0.3, -0.25) is 9.59 Å². The SMILES string of the molecule is CN(C(=O)CCCCCC(=O)O)c1ccc(C#N)cc1. The molecule has 0 radical (unpaired) electrons. The molecule has 1 amide bonds. The quantitative estimate of drug-likeness (QED) is 0.775. The lowest BCUT2D eigenvalue weighted by Gasteiger charge is -2.17. The second-order valence-corrected chi connectivity index (χ2v) is 4.57. The van der Waals surface area contributed by atoms with Crippen LogP contribution in [0.15, 0.2) is 24.3 Å². The summed E-state index contributed by atoms with van der Waals surface area (Å²) in [6, 6.07) is 8.85. The molecule has 20 heavy (non-hydrogen) atoms. The van der Waals surface area contributed by atoms with E-state index in [0.29, 0.717) is 24.8 Å². The molecular weight excluding hydrogens is 256 g/mol. The molecule has 0 unspecified atom stereocenters. The largest absolute Gasteiger partial charge is 0.481 e. The van der Waals surface area contributed by atoms with Gasteiger partial charge in [-0.25, -0.2) is 0 Å². The van der Waals surface area contributed by atoms with Crippen LogP contribution >= 0.6 is 0 Å². The number of carbonyl (C=O) groups is 2.